The number of nitrogens with zero attached hydrogens (tertiary/aromatic N) is 1. The molecule has 202 valence electrons. The first-order valence-corrected chi connectivity index (χ1v) is 10.4. The summed E-state index contributed by atoms with van der Waals surface area (Å²) in [5.74, 6) is -1.91. The van der Waals surface area contributed by atoms with Crippen LogP contribution in [0.3, 0.4) is 0 Å². The van der Waals surface area contributed by atoms with Crippen LogP contribution in [-0.4, -0.2) is 42.0 Å². The number of rotatable bonds is 5. The highest BCUT2D eigenvalue weighted by Crippen LogP contribution is 2.39. The van der Waals surface area contributed by atoms with Crippen LogP contribution < -0.4 is 25.4 Å². The maximum absolute atomic E-state index is 13.6. The highest BCUT2D eigenvalue weighted by molar-refractivity contribution is 6.00. The van der Waals surface area contributed by atoms with Gasteiger partial charge in [0.2, 0.25) is 6.79 Å². The molecule has 0 atom stereocenters. The molecule has 1 amide bonds. The van der Waals surface area contributed by atoms with Gasteiger partial charge in [-0.25, -0.2) is 9.78 Å². The van der Waals surface area contributed by atoms with Crippen LogP contribution >= 0.6 is 0 Å². The van der Waals surface area contributed by atoms with Gasteiger partial charge in [0.05, 0.1) is 22.5 Å². The molecule has 2 heterocycles. The van der Waals surface area contributed by atoms with E-state index in [9.17, 15) is 31.1 Å². The Morgan fingerprint density at radius 2 is 1.58 bits per heavy atom. The summed E-state index contributed by atoms with van der Waals surface area (Å²) in [5.41, 5.74) is -0.210. The fraction of sp³-hybridized carbons (Fsp3) is 0.174. The Balaban J connectivity index is 0.000000505. The van der Waals surface area contributed by atoms with Gasteiger partial charge < -0.3 is 30.5 Å². The average molecular weight is 544 g/mol. The molecule has 1 aliphatic heterocycles. The highest BCUT2D eigenvalue weighted by Gasteiger charge is 2.38. The number of halogens is 6. The fourth-order valence-corrected chi connectivity index (χ4v) is 3.05. The summed E-state index contributed by atoms with van der Waals surface area (Å²) >= 11 is 0. The van der Waals surface area contributed by atoms with E-state index >= 15 is 0 Å². The minimum absolute atomic E-state index is 0.107. The summed E-state index contributed by atoms with van der Waals surface area (Å²) in [7, 11) is 1.44. The van der Waals surface area contributed by atoms with Crippen molar-refractivity contribution in [2.45, 2.75) is 12.4 Å². The second-order valence-electron chi connectivity index (χ2n) is 7.36. The number of para-hydroxylation sites is 1. The van der Waals surface area contributed by atoms with Crippen molar-refractivity contribution in [3.8, 4) is 11.5 Å². The van der Waals surface area contributed by atoms with Gasteiger partial charge in [0.25, 0.3) is 5.91 Å². The summed E-state index contributed by atoms with van der Waals surface area (Å²) in [6, 6.07) is 12.6. The number of hydrogen-bond donors (Lipinski definition) is 4. The molecule has 38 heavy (non-hydrogen) atoms. The Morgan fingerprint density at radius 1 is 0.921 bits per heavy atom. The topological polar surface area (TPSA) is 122 Å². The Labute approximate surface area is 210 Å². The van der Waals surface area contributed by atoms with E-state index in [4.69, 9.17) is 19.4 Å². The maximum atomic E-state index is 13.6. The van der Waals surface area contributed by atoms with E-state index in [1.165, 1.54) is 25.2 Å². The number of benzene rings is 2. The van der Waals surface area contributed by atoms with Crippen molar-refractivity contribution in [1.82, 2.24) is 10.3 Å². The standard InChI is InChI=1S/C21H17F3N4O3.C2HF3O2/c1-25-20(29)13-4-2-3-5-15(13)28-16-9-19(26-10-14(16)21(22,23)24)27-12-6-7-17-18(8-12)31-11-30-17;3-2(4,5)1(6)7/h2-10H,11H2,1H3,(H,25,29)(H2,26,27,28);(H,6,7). The van der Waals surface area contributed by atoms with Crippen molar-refractivity contribution < 1.29 is 50.5 Å². The first-order chi connectivity index (χ1) is 17.8. The number of fused-ring (bicyclic) bond motifs is 1. The third-order valence-corrected chi connectivity index (χ3v) is 4.76. The van der Waals surface area contributed by atoms with Gasteiger partial charge in [0.1, 0.15) is 5.82 Å². The lowest BCUT2D eigenvalue weighted by Gasteiger charge is -2.17. The van der Waals surface area contributed by atoms with Crippen molar-refractivity contribution in [3.63, 3.8) is 0 Å². The van der Waals surface area contributed by atoms with Gasteiger partial charge >= 0.3 is 18.3 Å². The molecule has 0 radical (unpaired) electrons. The van der Waals surface area contributed by atoms with Crippen molar-refractivity contribution in [2.24, 2.45) is 0 Å². The third kappa shape index (κ3) is 6.96. The Hall–Kier alpha value is -4.69. The van der Waals surface area contributed by atoms with E-state index in [1.807, 2.05) is 0 Å². The number of aliphatic carboxylic acids is 1. The van der Waals surface area contributed by atoms with E-state index in [2.05, 4.69) is 20.9 Å². The van der Waals surface area contributed by atoms with Gasteiger partial charge in [0.15, 0.2) is 11.5 Å². The minimum Gasteiger partial charge on any atom is -0.475 e. The van der Waals surface area contributed by atoms with E-state index in [1.54, 1.807) is 30.3 Å². The van der Waals surface area contributed by atoms with Gasteiger partial charge in [0, 0.05) is 31.1 Å². The van der Waals surface area contributed by atoms with Crippen LogP contribution in [-0.2, 0) is 11.0 Å². The molecule has 0 unspecified atom stereocenters. The molecule has 15 heteroatoms. The average Bonchev–Trinajstić information content (AvgIpc) is 3.31. The molecule has 1 aliphatic rings. The van der Waals surface area contributed by atoms with Crippen LogP contribution in [0, 0.1) is 0 Å². The summed E-state index contributed by atoms with van der Waals surface area (Å²) in [6.45, 7) is 0.107. The first-order valence-electron chi connectivity index (χ1n) is 10.4. The van der Waals surface area contributed by atoms with Crippen LogP contribution in [0.1, 0.15) is 15.9 Å². The molecule has 0 aliphatic carbocycles. The lowest BCUT2D eigenvalue weighted by molar-refractivity contribution is -0.192. The number of carboxylic acid groups (broad SMARTS) is 1. The molecule has 0 fully saturated rings. The molecule has 2 aromatic carbocycles. The molecule has 0 saturated heterocycles. The molecular weight excluding hydrogens is 526 g/mol. The van der Waals surface area contributed by atoms with Crippen LogP contribution in [0.5, 0.6) is 11.5 Å². The fourth-order valence-electron chi connectivity index (χ4n) is 3.05. The van der Waals surface area contributed by atoms with E-state index in [0.717, 1.165) is 6.20 Å². The van der Waals surface area contributed by atoms with Crippen LogP contribution in [0.15, 0.2) is 54.7 Å². The van der Waals surface area contributed by atoms with Gasteiger partial charge in [-0.1, -0.05) is 12.1 Å². The van der Waals surface area contributed by atoms with Crippen LogP contribution in [0.4, 0.5) is 49.2 Å². The first kappa shape index (κ1) is 27.9. The van der Waals surface area contributed by atoms with E-state index in [-0.39, 0.29) is 29.5 Å². The molecule has 9 nitrogen and oxygen atoms in total. The number of aromatic nitrogens is 1. The Bertz CT molecular complexity index is 1330. The number of carbonyl (C=O) groups excluding carboxylic acids is 1. The predicted octanol–water partition coefficient (Wildman–Crippen LogP) is 5.31. The second kappa shape index (κ2) is 11.1. The summed E-state index contributed by atoms with van der Waals surface area (Å²) < 4.78 is 83.0. The van der Waals surface area contributed by atoms with Crippen molar-refractivity contribution >= 4 is 34.8 Å². The van der Waals surface area contributed by atoms with Gasteiger partial charge in [-0.3, -0.25) is 4.79 Å². The molecule has 0 spiro atoms. The summed E-state index contributed by atoms with van der Waals surface area (Å²) in [6.07, 6.45) is -8.99. The molecule has 4 rings (SSSR count). The highest BCUT2D eigenvalue weighted by atomic mass is 19.4. The normalized spacial score (nSPS) is 12.2. The van der Waals surface area contributed by atoms with Crippen molar-refractivity contribution in [2.75, 3.05) is 24.5 Å². The monoisotopic (exact) mass is 544 g/mol. The summed E-state index contributed by atoms with van der Waals surface area (Å²) in [5, 5.41) is 15.3. The zero-order chi connectivity index (χ0) is 28.1. The van der Waals surface area contributed by atoms with Crippen LogP contribution in [0.2, 0.25) is 0 Å². The third-order valence-electron chi connectivity index (χ3n) is 4.76. The second-order valence-corrected chi connectivity index (χ2v) is 7.36. The lowest BCUT2D eigenvalue weighted by atomic mass is 10.1. The minimum atomic E-state index is -5.08. The number of anilines is 4. The van der Waals surface area contributed by atoms with Crippen LogP contribution in [0.25, 0.3) is 0 Å². The molecule has 0 saturated carbocycles. The lowest BCUT2D eigenvalue weighted by Crippen LogP contribution is -2.21. The van der Waals surface area contributed by atoms with E-state index < -0.39 is 29.8 Å². The van der Waals surface area contributed by atoms with Gasteiger partial charge in [-0.15, -0.1) is 0 Å². The number of nitrogens with one attached hydrogen (secondary N) is 3. The zero-order valence-corrected chi connectivity index (χ0v) is 19.2. The predicted molar refractivity (Wildman–Crippen MR) is 122 cm³/mol. The Kier molecular flexibility index (Phi) is 8.18. The molecule has 3 aromatic rings. The quantitative estimate of drug-likeness (QED) is 0.319. The largest absolute Gasteiger partial charge is 0.490 e. The Morgan fingerprint density at radius 3 is 2.21 bits per heavy atom. The van der Waals surface area contributed by atoms with Gasteiger partial charge in [-0.05, 0) is 24.3 Å². The summed E-state index contributed by atoms with van der Waals surface area (Å²) in [4.78, 5) is 24.9. The molecule has 4 N–H and O–H groups in total. The number of hydrogen-bond acceptors (Lipinski definition) is 7. The maximum Gasteiger partial charge on any atom is 0.490 e. The zero-order valence-electron chi connectivity index (χ0n) is 19.2. The van der Waals surface area contributed by atoms with Crippen molar-refractivity contribution in [3.05, 3.63) is 65.9 Å². The smallest absolute Gasteiger partial charge is 0.475 e. The number of alkyl halides is 6. The van der Waals surface area contributed by atoms with E-state index in [0.29, 0.717) is 17.2 Å². The number of pyridine rings is 1. The SMILES string of the molecule is CNC(=O)c1ccccc1Nc1cc(Nc2ccc3c(c2)OCO3)ncc1C(F)(F)F.O=C(O)C(F)(F)F. The van der Waals surface area contributed by atoms with Gasteiger partial charge in [-0.2, -0.15) is 26.3 Å². The number of ether oxygens (including phenoxy) is 2. The number of carboxylic acids is 1. The van der Waals surface area contributed by atoms with Crippen molar-refractivity contribution in [1.29, 1.82) is 0 Å². The molecule has 1 aromatic heterocycles. The number of amides is 1. The molecule has 0 bridgehead atoms. The number of carbonyl (C=O) groups is 2. The molecular formula is C23H18F6N4O5.